The van der Waals surface area contributed by atoms with Crippen LogP contribution in [0.2, 0.25) is 0 Å². The summed E-state index contributed by atoms with van der Waals surface area (Å²) in [6.45, 7) is 0. The van der Waals surface area contributed by atoms with Gasteiger partial charge in [0.1, 0.15) is 0 Å². The highest BCUT2D eigenvalue weighted by Gasteiger charge is 2.10. The van der Waals surface area contributed by atoms with Crippen molar-refractivity contribution in [1.82, 2.24) is 4.98 Å². The number of hydrogen-bond acceptors (Lipinski definition) is 2. The first-order chi connectivity index (χ1) is 12.4. The average Bonchev–Trinajstić information content (AvgIpc) is 3.38. The Labute approximate surface area is 144 Å². The summed E-state index contributed by atoms with van der Waals surface area (Å²) in [6, 6.07) is 22.7. The maximum Gasteiger partial charge on any atom is 0.0810 e. The van der Waals surface area contributed by atoms with Crippen molar-refractivity contribution in [3.05, 3.63) is 106 Å². The number of hydrogen-bond donors (Lipinski definition) is 1. The van der Waals surface area contributed by atoms with E-state index in [-0.39, 0.29) is 0 Å². The van der Waals surface area contributed by atoms with E-state index in [2.05, 4.69) is 63.5 Å². The molecule has 0 aliphatic carbocycles. The van der Waals surface area contributed by atoms with Gasteiger partial charge >= 0.3 is 0 Å². The molecule has 0 radical (unpaired) electrons. The number of benzene rings is 3. The van der Waals surface area contributed by atoms with Gasteiger partial charge in [-0.25, -0.2) is 4.99 Å². The Morgan fingerprint density at radius 2 is 1.60 bits per heavy atom. The van der Waals surface area contributed by atoms with Gasteiger partial charge in [-0.2, -0.15) is 0 Å². The number of H-pyrrole nitrogens is 1. The van der Waals surface area contributed by atoms with Crippen molar-refractivity contribution in [3.63, 3.8) is 0 Å². The summed E-state index contributed by atoms with van der Waals surface area (Å²) in [6.07, 6.45) is 5.82. The van der Waals surface area contributed by atoms with Crippen LogP contribution in [0.1, 0.15) is 5.56 Å². The second kappa shape index (κ2) is 5.56. The molecule has 0 atom stereocenters. The molecule has 0 amide bonds. The Morgan fingerprint density at radius 3 is 2.56 bits per heavy atom. The summed E-state index contributed by atoms with van der Waals surface area (Å²) in [7, 11) is 0. The van der Waals surface area contributed by atoms with E-state index >= 15 is 0 Å². The molecule has 2 aliphatic heterocycles. The van der Waals surface area contributed by atoms with Crippen LogP contribution >= 0.6 is 0 Å². The van der Waals surface area contributed by atoms with Crippen LogP contribution in [0.3, 0.4) is 0 Å². The number of nitrogens with one attached hydrogen (secondary N) is 1. The van der Waals surface area contributed by atoms with Gasteiger partial charge < -0.3 is 4.98 Å². The summed E-state index contributed by atoms with van der Waals surface area (Å²) >= 11 is 0. The molecule has 0 fully saturated rings. The topological polar surface area (TPSA) is 40.5 Å². The standard InChI is InChI=1S/C14H8N2.C8H7N/c1-2-4-13-9(3-1)10-5-6-12-11(7-8-15-12)14(10)16-13;1-2-4-8-7(3-1)5-6-9-8/h1-8H;1-6,9H. The van der Waals surface area contributed by atoms with Crippen LogP contribution < -0.4 is 10.7 Å². The zero-order valence-corrected chi connectivity index (χ0v) is 13.5. The molecule has 3 heteroatoms. The Balaban J connectivity index is 0.000000132. The van der Waals surface area contributed by atoms with Gasteiger partial charge in [0.05, 0.1) is 16.4 Å². The van der Waals surface area contributed by atoms with Crippen LogP contribution in [-0.2, 0) is 0 Å². The van der Waals surface area contributed by atoms with Crippen molar-refractivity contribution in [2.24, 2.45) is 9.98 Å². The van der Waals surface area contributed by atoms with Crippen LogP contribution in [0.4, 0.5) is 5.69 Å². The van der Waals surface area contributed by atoms with E-state index in [0.29, 0.717) is 0 Å². The predicted molar refractivity (Wildman–Crippen MR) is 99.9 cm³/mol. The Hall–Kier alpha value is -3.46. The van der Waals surface area contributed by atoms with E-state index in [0.717, 1.165) is 22.0 Å². The van der Waals surface area contributed by atoms with Gasteiger partial charge in [0.2, 0.25) is 0 Å². The molecule has 118 valence electrons. The minimum Gasteiger partial charge on any atom is -0.361 e. The van der Waals surface area contributed by atoms with Crippen molar-refractivity contribution >= 4 is 22.7 Å². The molecular formula is C22H15N3. The Kier molecular flexibility index (Phi) is 3.10. The van der Waals surface area contributed by atoms with E-state index in [9.17, 15) is 0 Å². The molecule has 0 saturated carbocycles. The molecule has 2 aliphatic rings. The first-order valence-corrected chi connectivity index (χ1v) is 8.28. The fourth-order valence-electron chi connectivity index (χ4n) is 3.32. The van der Waals surface area contributed by atoms with E-state index in [4.69, 9.17) is 0 Å². The summed E-state index contributed by atoms with van der Waals surface area (Å²) < 4.78 is 0. The number of rotatable bonds is 0. The highest BCUT2D eigenvalue weighted by Crippen LogP contribution is 2.23. The van der Waals surface area contributed by atoms with E-state index in [1.54, 1.807) is 0 Å². The minimum atomic E-state index is 1.02. The zero-order valence-electron chi connectivity index (χ0n) is 13.5. The van der Waals surface area contributed by atoms with Crippen molar-refractivity contribution in [2.45, 2.75) is 0 Å². The summed E-state index contributed by atoms with van der Waals surface area (Å²) in [5, 5.41) is 5.80. The lowest BCUT2D eigenvalue weighted by Gasteiger charge is -1.95. The molecule has 6 rings (SSSR count). The largest absolute Gasteiger partial charge is 0.361 e. The predicted octanol–water partition coefficient (Wildman–Crippen LogP) is 4.01. The fourth-order valence-corrected chi connectivity index (χ4v) is 3.32. The second-order valence-corrected chi connectivity index (χ2v) is 6.03. The van der Waals surface area contributed by atoms with E-state index in [1.807, 2.05) is 36.7 Å². The quantitative estimate of drug-likeness (QED) is 0.448. The van der Waals surface area contributed by atoms with Crippen molar-refractivity contribution in [3.8, 4) is 0 Å². The van der Waals surface area contributed by atoms with Crippen LogP contribution in [0.25, 0.3) is 17.0 Å². The molecule has 0 unspecified atom stereocenters. The SMILES string of the molecule is C1=Cc2c3c(ccc2=N1)=c1ccccc1=N3.c1ccc2[nH]ccc2c1. The first-order valence-electron chi connectivity index (χ1n) is 8.28. The summed E-state index contributed by atoms with van der Waals surface area (Å²) in [4.78, 5) is 12.1. The lowest BCUT2D eigenvalue weighted by atomic mass is 10.1. The Morgan fingerprint density at radius 1 is 0.720 bits per heavy atom. The molecule has 3 nitrogen and oxygen atoms in total. The van der Waals surface area contributed by atoms with Gasteiger partial charge in [0.25, 0.3) is 0 Å². The number of aromatic nitrogens is 1. The van der Waals surface area contributed by atoms with Gasteiger partial charge in [0.15, 0.2) is 0 Å². The normalized spacial score (nSPS) is 12.5. The number of para-hydroxylation sites is 2. The average molecular weight is 321 g/mol. The second-order valence-electron chi connectivity index (χ2n) is 6.03. The number of fused-ring (bicyclic) bond motifs is 5. The van der Waals surface area contributed by atoms with Gasteiger partial charge in [0, 0.05) is 33.9 Å². The van der Waals surface area contributed by atoms with E-state index in [1.165, 1.54) is 21.3 Å². The summed E-state index contributed by atoms with van der Waals surface area (Å²) in [5.41, 5.74) is 3.42. The molecule has 3 aromatic carbocycles. The zero-order chi connectivity index (χ0) is 16.6. The van der Waals surface area contributed by atoms with Gasteiger partial charge in [-0.15, -0.1) is 0 Å². The smallest absolute Gasteiger partial charge is 0.0810 e. The molecule has 0 saturated heterocycles. The van der Waals surface area contributed by atoms with Crippen LogP contribution in [0.5, 0.6) is 0 Å². The Bertz CT molecular complexity index is 1310. The maximum absolute atomic E-state index is 4.68. The monoisotopic (exact) mass is 321 g/mol. The maximum atomic E-state index is 4.68. The molecule has 3 heterocycles. The van der Waals surface area contributed by atoms with Gasteiger partial charge in [-0.1, -0.05) is 36.4 Å². The highest BCUT2D eigenvalue weighted by molar-refractivity contribution is 5.78. The highest BCUT2D eigenvalue weighted by atomic mass is 14.8. The van der Waals surface area contributed by atoms with Gasteiger partial charge in [-0.05, 0) is 41.8 Å². The molecular weight excluding hydrogens is 306 g/mol. The minimum absolute atomic E-state index is 1.02. The third-order valence-corrected chi connectivity index (χ3v) is 4.54. The third kappa shape index (κ3) is 2.29. The van der Waals surface area contributed by atoms with Crippen molar-refractivity contribution < 1.29 is 0 Å². The molecule has 4 aromatic rings. The number of nitrogens with zero attached hydrogens (tertiary/aromatic N) is 2. The van der Waals surface area contributed by atoms with Crippen LogP contribution in [-0.4, -0.2) is 4.98 Å². The lowest BCUT2D eigenvalue weighted by molar-refractivity contribution is 1.33. The van der Waals surface area contributed by atoms with Crippen molar-refractivity contribution in [2.75, 3.05) is 0 Å². The van der Waals surface area contributed by atoms with Crippen LogP contribution in [0, 0.1) is 10.4 Å². The molecule has 1 aromatic heterocycles. The van der Waals surface area contributed by atoms with Crippen molar-refractivity contribution in [1.29, 1.82) is 0 Å². The van der Waals surface area contributed by atoms with Gasteiger partial charge in [-0.3, -0.25) is 4.99 Å². The molecule has 0 spiro atoms. The third-order valence-electron chi connectivity index (χ3n) is 4.54. The van der Waals surface area contributed by atoms with Crippen LogP contribution in [0.15, 0.2) is 89.1 Å². The number of aromatic amines is 1. The first kappa shape index (κ1) is 13.9. The lowest BCUT2D eigenvalue weighted by Crippen LogP contribution is -2.01. The fraction of sp³-hybridized carbons (Fsp3) is 0. The molecule has 0 bridgehead atoms. The molecule has 1 N–H and O–H groups in total. The van der Waals surface area contributed by atoms with E-state index < -0.39 is 0 Å². The summed E-state index contributed by atoms with van der Waals surface area (Å²) in [5.74, 6) is 0. The molecule has 25 heavy (non-hydrogen) atoms.